The molecule has 0 aliphatic heterocycles. The van der Waals surface area contributed by atoms with Gasteiger partial charge in [0.05, 0.1) is 6.61 Å². The molecule has 9 heteroatoms. The molecule has 0 saturated carbocycles. The standard InChI is InChI=1S/C47H85O8P/c1-3-5-7-9-11-13-15-17-19-21-22-23-24-26-27-29-31-33-35-37-39-41-46(48)53-43-45(44-54-56(50,51)52)55-47(49)42-40-38-36-34-32-30-28-25-20-18-16-14-12-10-8-6-4-2/h17-20,28,30,34,36,45H,3-16,21-27,29,31-33,35,37-44H2,1-2H3,(H2,50,51,52)/b19-17+,20-18+,30-28+,36-34+/t45-/m1/s1. The minimum Gasteiger partial charge on any atom is -0.462 e. The van der Waals surface area contributed by atoms with E-state index in [1.54, 1.807) is 0 Å². The SMILES string of the molecule is CCCCCCCC/C=C/C/C=C/C/C=C/CCCC(=O)O[C@H](COC(=O)CCCCCCCCCCCCC/C=C/CCCCCCCC)COP(=O)(O)O. The number of rotatable bonds is 42. The van der Waals surface area contributed by atoms with Crippen molar-refractivity contribution in [3.8, 4) is 0 Å². The summed E-state index contributed by atoms with van der Waals surface area (Å²) in [5.41, 5.74) is 0. The molecule has 0 radical (unpaired) electrons. The number of esters is 2. The second kappa shape index (κ2) is 42.6. The Morgan fingerprint density at radius 2 is 0.821 bits per heavy atom. The van der Waals surface area contributed by atoms with Gasteiger partial charge in [-0.3, -0.25) is 14.1 Å². The minimum absolute atomic E-state index is 0.140. The third-order valence-electron chi connectivity index (χ3n) is 9.82. The van der Waals surface area contributed by atoms with Gasteiger partial charge in [-0.05, 0) is 70.6 Å². The normalized spacial score (nSPS) is 12.9. The Bertz CT molecular complexity index is 1050. The van der Waals surface area contributed by atoms with Gasteiger partial charge in [0.15, 0.2) is 6.10 Å². The highest BCUT2D eigenvalue weighted by Gasteiger charge is 2.22. The van der Waals surface area contributed by atoms with Crippen molar-refractivity contribution in [3.63, 3.8) is 0 Å². The zero-order valence-electron chi connectivity index (χ0n) is 36.0. The lowest BCUT2D eigenvalue weighted by Gasteiger charge is -2.18. The van der Waals surface area contributed by atoms with Crippen LogP contribution in [0.5, 0.6) is 0 Å². The van der Waals surface area contributed by atoms with E-state index in [0.29, 0.717) is 12.8 Å². The van der Waals surface area contributed by atoms with Crippen LogP contribution in [-0.2, 0) is 28.2 Å². The maximum Gasteiger partial charge on any atom is 0.469 e. The van der Waals surface area contributed by atoms with E-state index in [-0.39, 0.29) is 19.4 Å². The van der Waals surface area contributed by atoms with Gasteiger partial charge in [-0.25, -0.2) is 4.57 Å². The molecule has 56 heavy (non-hydrogen) atoms. The lowest BCUT2D eigenvalue weighted by Crippen LogP contribution is -2.29. The molecule has 0 fully saturated rings. The van der Waals surface area contributed by atoms with Gasteiger partial charge in [0, 0.05) is 12.8 Å². The number of allylic oxidation sites excluding steroid dienone is 8. The molecule has 2 N–H and O–H groups in total. The molecular weight excluding hydrogens is 723 g/mol. The average molecular weight is 809 g/mol. The second-order valence-corrected chi connectivity index (χ2v) is 16.6. The Morgan fingerprint density at radius 1 is 0.464 bits per heavy atom. The highest BCUT2D eigenvalue weighted by Crippen LogP contribution is 2.36. The fraction of sp³-hybridized carbons (Fsp3) is 0.787. The second-order valence-electron chi connectivity index (χ2n) is 15.4. The summed E-state index contributed by atoms with van der Waals surface area (Å²) in [5.74, 6) is -0.943. The molecular formula is C47H85O8P. The Morgan fingerprint density at radius 3 is 1.27 bits per heavy atom. The largest absolute Gasteiger partial charge is 0.469 e. The van der Waals surface area contributed by atoms with Crippen molar-refractivity contribution in [3.05, 3.63) is 48.6 Å². The molecule has 0 saturated heterocycles. The van der Waals surface area contributed by atoms with E-state index in [1.165, 1.54) is 141 Å². The van der Waals surface area contributed by atoms with Crippen LogP contribution in [-0.4, -0.2) is 41.0 Å². The Labute approximate surface area is 344 Å². The van der Waals surface area contributed by atoms with Gasteiger partial charge in [-0.15, -0.1) is 0 Å². The molecule has 0 aliphatic carbocycles. The maximum absolute atomic E-state index is 12.4. The number of carbonyl (C=O) groups is 2. The molecule has 0 unspecified atom stereocenters. The van der Waals surface area contributed by atoms with Crippen molar-refractivity contribution in [1.82, 2.24) is 0 Å². The fourth-order valence-electron chi connectivity index (χ4n) is 6.38. The molecule has 0 rings (SSSR count). The van der Waals surface area contributed by atoms with Crippen molar-refractivity contribution in [2.24, 2.45) is 0 Å². The molecule has 0 aromatic rings. The van der Waals surface area contributed by atoms with Crippen LogP contribution >= 0.6 is 7.82 Å². The van der Waals surface area contributed by atoms with Gasteiger partial charge < -0.3 is 19.3 Å². The van der Waals surface area contributed by atoms with Crippen LogP contribution in [0, 0.1) is 0 Å². The summed E-state index contributed by atoms with van der Waals surface area (Å²) in [6, 6.07) is 0. The van der Waals surface area contributed by atoms with Crippen molar-refractivity contribution >= 4 is 19.8 Å². The lowest BCUT2D eigenvalue weighted by molar-refractivity contribution is -0.161. The van der Waals surface area contributed by atoms with Gasteiger partial charge in [0.2, 0.25) is 0 Å². The van der Waals surface area contributed by atoms with E-state index in [4.69, 9.17) is 19.3 Å². The van der Waals surface area contributed by atoms with Crippen LogP contribution in [0.4, 0.5) is 0 Å². The number of hydrogen-bond acceptors (Lipinski definition) is 6. The van der Waals surface area contributed by atoms with Crippen LogP contribution in [0.15, 0.2) is 48.6 Å². The summed E-state index contributed by atoms with van der Waals surface area (Å²) in [5, 5.41) is 0. The van der Waals surface area contributed by atoms with Crippen LogP contribution in [0.25, 0.3) is 0 Å². The van der Waals surface area contributed by atoms with Crippen molar-refractivity contribution in [2.75, 3.05) is 13.2 Å². The Hall–Kier alpha value is -1.99. The maximum atomic E-state index is 12.4. The highest BCUT2D eigenvalue weighted by molar-refractivity contribution is 7.46. The van der Waals surface area contributed by atoms with E-state index in [1.807, 2.05) is 6.08 Å². The van der Waals surface area contributed by atoms with E-state index >= 15 is 0 Å². The van der Waals surface area contributed by atoms with Crippen molar-refractivity contribution in [1.29, 1.82) is 0 Å². The summed E-state index contributed by atoms with van der Waals surface area (Å²) in [7, 11) is -4.77. The molecule has 0 aromatic carbocycles. The predicted molar refractivity (Wildman–Crippen MR) is 234 cm³/mol. The smallest absolute Gasteiger partial charge is 0.462 e. The third kappa shape index (κ3) is 44.7. The predicted octanol–water partition coefficient (Wildman–Crippen LogP) is 14.3. The van der Waals surface area contributed by atoms with E-state index in [9.17, 15) is 14.2 Å². The molecule has 1 atom stereocenters. The number of ether oxygens (including phenoxy) is 2. The summed E-state index contributed by atoms with van der Waals surface area (Å²) in [6.07, 6.45) is 52.7. The molecule has 0 aromatic heterocycles. The van der Waals surface area contributed by atoms with E-state index in [2.05, 4.69) is 60.9 Å². The summed E-state index contributed by atoms with van der Waals surface area (Å²) in [4.78, 5) is 42.9. The van der Waals surface area contributed by atoms with E-state index < -0.39 is 32.5 Å². The molecule has 0 bridgehead atoms. The van der Waals surface area contributed by atoms with Crippen LogP contribution in [0.1, 0.15) is 219 Å². The van der Waals surface area contributed by atoms with Gasteiger partial charge in [0.1, 0.15) is 6.61 Å². The van der Waals surface area contributed by atoms with Gasteiger partial charge >= 0.3 is 19.8 Å². The van der Waals surface area contributed by atoms with Gasteiger partial charge in [-0.1, -0.05) is 184 Å². The summed E-state index contributed by atoms with van der Waals surface area (Å²) < 4.78 is 26.4. The number of hydrogen-bond donors (Lipinski definition) is 2. The number of carbonyl (C=O) groups excluding carboxylic acids is 2. The first-order valence-corrected chi connectivity index (χ1v) is 24.5. The lowest BCUT2D eigenvalue weighted by atomic mass is 10.0. The van der Waals surface area contributed by atoms with Gasteiger partial charge in [0.25, 0.3) is 0 Å². The quantitative estimate of drug-likeness (QED) is 0.0271. The first-order chi connectivity index (χ1) is 27.3. The Balaban J connectivity index is 3.92. The monoisotopic (exact) mass is 809 g/mol. The number of unbranched alkanes of at least 4 members (excludes halogenated alkanes) is 24. The van der Waals surface area contributed by atoms with Gasteiger partial charge in [-0.2, -0.15) is 0 Å². The third-order valence-corrected chi connectivity index (χ3v) is 10.3. The van der Waals surface area contributed by atoms with Crippen molar-refractivity contribution < 1.29 is 37.9 Å². The summed E-state index contributed by atoms with van der Waals surface area (Å²) in [6.45, 7) is 3.65. The molecule has 326 valence electrons. The zero-order chi connectivity index (χ0) is 41.1. The molecule has 8 nitrogen and oxygen atoms in total. The summed E-state index contributed by atoms with van der Waals surface area (Å²) >= 11 is 0. The first-order valence-electron chi connectivity index (χ1n) is 22.9. The van der Waals surface area contributed by atoms with Crippen molar-refractivity contribution in [2.45, 2.75) is 225 Å². The molecule has 0 amide bonds. The number of phosphoric ester groups is 1. The van der Waals surface area contributed by atoms with E-state index in [0.717, 1.165) is 38.5 Å². The number of phosphoric acid groups is 1. The molecule has 0 spiro atoms. The topological polar surface area (TPSA) is 119 Å². The molecule has 0 heterocycles. The zero-order valence-corrected chi connectivity index (χ0v) is 36.9. The van der Waals surface area contributed by atoms with Crippen LogP contribution < -0.4 is 0 Å². The van der Waals surface area contributed by atoms with Crippen LogP contribution in [0.2, 0.25) is 0 Å². The Kier molecular flexibility index (Phi) is 41.1. The fourth-order valence-corrected chi connectivity index (χ4v) is 6.74. The average Bonchev–Trinajstić information content (AvgIpc) is 3.17. The minimum atomic E-state index is -4.77. The van der Waals surface area contributed by atoms with Crippen LogP contribution in [0.3, 0.4) is 0 Å². The first kappa shape index (κ1) is 54.0. The highest BCUT2D eigenvalue weighted by atomic mass is 31.2. The molecule has 0 aliphatic rings.